The van der Waals surface area contributed by atoms with Crippen LogP contribution in [0.3, 0.4) is 0 Å². The number of nitrogens with zero attached hydrogens (tertiary/aromatic N) is 1. The molecule has 0 aromatic carbocycles. The molecule has 1 aromatic heterocycles. The van der Waals surface area contributed by atoms with Gasteiger partial charge in [-0.2, -0.15) is 5.26 Å². The molecule has 0 unspecified atom stereocenters. The Labute approximate surface area is 64.3 Å². The molecule has 0 bridgehead atoms. The molecule has 0 amide bonds. The molecular weight excluding hydrogens is 142 g/mol. The zero-order valence-corrected chi connectivity index (χ0v) is 5.91. The van der Waals surface area contributed by atoms with Gasteiger partial charge < -0.3 is 15.8 Å². The minimum atomic E-state index is -0.421. The molecule has 0 radical (unpaired) electrons. The monoisotopic (exact) mass is 151 g/mol. The lowest BCUT2D eigenvalue weighted by Gasteiger charge is -2.04. The smallest absolute Gasteiger partial charge is 0.137 e. The fourth-order valence-corrected chi connectivity index (χ4v) is 0.871. The van der Waals surface area contributed by atoms with Crippen LogP contribution in [0.1, 0.15) is 18.2 Å². The van der Waals surface area contributed by atoms with E-state index in [0.717, 1.165) is 0 Å². The van der Waals surface area contributed by atoms with Gasteiger partial charge in [-0.3, -0.25) is 0 Å². The summed E-state index contributed by atoms with van der Waals surface area (Å²) in [6.07, 6.45) is 1.79. The summed E-state index contributed by atoms with van der Waals surface area (Å²) in [5, 5.41) is 17.4. The first-order valence-electron chi connectivity index (χ1n) is 3.24. The molecule has 4 N–H and O–H groups in total. The Morgan fingerprint density at radius 2 is 2.55 bits per heavy atom. The summed E-state index contributed by atoms with van der Waals surface area (Å²) in [6.45, 7) is 0. The fraction of sp³-hybridized carbons (Fsp3) is 0.286. The second kappa shape index (κ2) is 3.08. The van der Waals surface area contributed by atoms with E-state index in [1.807, 2.05) is 6.07 Å². The van der Waals surface area contributed by atoms with E-state index in [2.05, 4.69) is 4.98 Å². The molecule has 11 heavy (non-hydrogen) atoms. The third kappa shape index (κ3) is 1.51. The summed E-state index contributed by atoms with van der Waals surface area (Å²) in [4.78, 5) is 2.76. The molecule has 1 rings (SSSR count). The first-order valence-corrected chi connectivity index (χ1v) is 3.24. The van der Waals surface area contributed by atoms with Crippen LogP contribution in [0.2, 0.25) is 0 Å². The van der Waals surface area contributed by atoms with Gasteiger partial charge in [0.1, 0.15) is 5.75 Å². The maximum absolute atomic E-state index is 9.13. The van der Waals surface area contributed by atoms with E-state index in [0.29, 0.717) is 5.69 Å². The Kier molecular flexibility index (Phi) is 2.14. The maximum atomic E-state index is 9.13. The van der Waals surface area contributed by atoms with Crippen LogP contribution in [0.4, 0.5) is 0 Å². The average molecular weight is 151 g/mol. The van der Waals surface area contributed by atoms with Crippen molar-refractivity contribution in [2.45, 2.75) is 12.5 Å². The Bertz CT molecular complexity index is 273. The third-order valence-corrected chi connectivity index (χ3v) is 1.44. The largest absolute Gasteiger partial charge is 0.506 e. The second-order valence-electron chi connectivity index (χ2n) is 2.25. The topological polar surface area (TPSA) is 85.8 Å². The Morgan fingerprint density at radius 1 is 1.82 bits per heavy atom. The van der Waals surface area contributed by atoms with Crippen molar-refractivity contribution in [3.05, 3.63) is 18.0 Å². The second-order valence-corrected chi connectivity index (χ2v) is 2.25. The highest BCUT2D eigenvalue weighted by molar-refractivity contribution is 5.28. The molecule has 0 aliphatic carbocycles. The number of aromatic nitrogens is 1. The van der Waals surface area contributed by atoms with Crippen LogP contribution in [-0.4, -0.2) is 10.1 Å². The van der Waals surface area contributed by atoms with Crippen LogP contribution in [-0.2, 0) is 0 Å². The number of hydrogen-bond acceptors (Lipinski definition) is 3. The van der Waals surface area contributed by atoms with Gasteiger partial charge in [0.25, 0.3) is 0 Å². The normalized spacial score (nSPS) is 12.4. The molecule has 0 aliphatic heterocycles. The number of aromatic hydroxyl groups is 1. The van der Waals surface area contributed by atoms with Crippen LogP contribution in [0.15, 0.2) is 12.3 Å². The fourth-order valence-electron chi connectivity index (χ4n) is 0.871. The van der Waals surface area contributed by atoms with Gasteiger partial charge in [-0.05, 0) is 6.07 Å². The molecule has 4 nitrogen and oxygen atoms in total. The van der Waals surface area contributed by atoms with Crippen molar-refractivity contribution in [2.75, 3.05) is 0 Å². The van der Waals surface area contributed by atoms with Crippen LogP contribution < -0.4 is 5.73 Å². The zero-order valence-electron chi connectivity index (χ0n) is 5.91. The Morgan fingerprint density at radius 3 is 3.00 bits per heavy atom. The SMILES string of the molecule is N#CC[C@@H](N)c1[nH]ccc1O. The van der Waals surface area contributed by atoms with Crippen LogP contribution in [0.25, 0.3) is 0 Å². The number of nitrogens with two attached hydrogens (primary N) is 1. The predicted molar refractivity (Wildman–Crippen MR) is 39.6 cm³/mol. The molecule has 0 saturated carbocycles. The first-order chi connectivity index (χ1) is 5.25. The molecule has 4 heteroatoms. The molecule has 0 spiro atoms. The van der Waals surface area contributed by atoms with Gasteiger partial charge in [0.05, 0.1) is 24.2 Å². The van der Waals surface area contributed by atoms with E-state index >= 15 is 0 Å². The molecule has 0 aliphatic rings. The van der Waals surface area contributed by atoms with E-state index in [1.165, 1.54) is 6.07 Å². The van der Waals surface area contributed by atoms with Crippen molar-refractivity contribution in [3.8, 4) is 11.8 Å². The van der Waals surface area contributed by atoms with E-state index in [1.54, 1.807) is 6.20 Å². The van der Waals surface area contributed by atoms with Crippen LogP contribution >= 0.6 is 0 Å². The molecule has 1 heterocycles. The quantitative estimate of drug-likeness (QED) is 0.579. The molecule has 58 valence electrons. The third-order valence-electron chi connectivity index (χ3n) is 1.44. The van der Waals surface area contributed by atoms with Crippen molar-refractivity contribution >= 4 is 0 Å². The van der Waals surface area contributed by atoms with Crippen molar-refractivity contribution in [3.63, 3.8) is 0 Å². The highest BCUT2D eigenvalue weighted by Gasteiger charge is 2.10. The van der Waals surface area contributed by atoms with E-state index in [9.17, 15) is 0 Å². The number of hydrogen-bond donors (Lipinski definition) is 3. The van der Waals surface area contributed by atoms with Crippen molar-refractivity contribution < 1.29 is 5.11 Å². The summed E-state index contributed by atoms with van der Waals surface area (Å²) in [6, 6.07) is 3.01. The number of aromatic amines is 1. The molecule has 1 aromatic rings. The van der Waals surface area contributed by atoms with Gasteiger partial charge in [0.15, 0.2) is 0 Å². The lowest BCUT2D eigenvalue weighted by molar-refractivity contribution is 0.462. The standard InChI is InChI=1S/C7H9N3O/c8-3-1-5(9)7-6(11)2-4-10-7/h2,4-5,10-11H,1,9H2/t5-/m1/s1. The maximum Gasteiger partial charge on any atom is 0.137 e. The highest BCUT2D eigenvalue weighted by Crippen LogP contribution is 2.21. The Hall–Kier alpha value is -1.47. The summed E-state index contributed by atoms with van der Waals surface area (Å²) in [5.41, 5.74) is 6.06. The number of nitriles is 1. The minimum absolute atomic E-state index is 0.118. The van der Waals surface area contributed by atoms with E-state index < -0.39 is 6.04 Å². The van der Waals surface area contributed by atoms with Crippen molar-refractivity contribution in [1.29, 1.82) is 5.26 Å². The first kappa shape index (κ1) is 7.63. The average Bonchev–Trinajstić information content (AvgIpc) is 2.36. The van der Waals surface area contributed by atoms with Crippen LogP contribution in [0.5, 0.6) is 5.75 Å². The van der Waals surface area contributed by atoms with E-state index in [-0.39, 0.29) is 12.2 Å². The summed E-state index contributed by atoms with van der Waals surface area (Å²) in [5.74, 6) is 0.118. The van der Waals surface area contributed by atoms with Gasteiger partial charge in [-0.1, -0.05) is 0 Å². The zero-order chi connectivity index (χ0) is 8.27. The summed E-state index contributed by atoms with van der Waals surface area (Å²) in [7, 11) is 0. The molecular formula is C7H9N3O. The van der Waals surface area contributed by atoms with Gasteiger partial charge in [-0.15, -0.1) is 0 Å². The van der Waals surface area contributed by atoms with Gasteiger partial charge in [-0.25, -0.2) is 0 Å². The van der Waals surface area contributed by atoms with Crippen molar-refractivity contribution in [1.82, 2.24) is 4.98 Å². The minimum Gasteiger partial charge on any atom is -0.506 e. The predicted octanol–water partition coefficient (Wildman–Crippen LogP) is 0.634. The summed E-state index contributed by atoms with van der Waals surface area (Å²) >= 11 is 0. The van der Waals surface area contributed by atoms with Crippen LogP contribution in [0, 0.1) is 11.3 Å². The number of nitrogens with one attached hydrogen (secondary N) is 1. The molecule has 0 saturated heterocycles. The van der Waals surface area contributed by atoms with E-state index in [4.69, 9.17) is 16.1 Å². The van der Waals surface area contributed by atoms with Gasteiger partial charge >= 0.3 is 0 Å². The number of H-pyrrole nitrogens is 1. The lowest BCUT2D eigenvalue weighted by Crippen LogP contribution is -2.09. The Balaban J connectivity index is 2.77. The molecule has 0 fully saturated rings. The summed E-state index contributed by atoms with van der Waals surface area (Å²) < 4.78 is 0. The number of rotatable bonds is 2. The molecule has 1 atom stereocenters. The van der Waals surface area contributed by atoms with Crippen molar-refractivity contribution in [2.24, 2.45) is 5.73 Å². The van der Waals surface area contributed by atoms with Gasteiger partial charge in [0, 0.05) is 6.20 Å². The lowest BCUT2D eigenvalue weighted by atomic mass is 10.1. The highest BCUT2D eigenvalue weighted by atomic mass is 16.3. The van der Waals surface area contributed by atoms with Gasteiger partial charge in [0.2, 0.25) is 0 Å².